The van der Waals surface area contributed by atoms with Crippen LogP contribution in [0, 0.1) is 11.6 Å². The van der Waals surface area contributed by atoms with E-state index >= 15 is 0 Å². The van der Waals surface area contributed by atoms with Crippen molar-refractivity contribution in [3.63, 3.8) is 0 Å². The highest BCUT2D eigenvalue weighted by Gasteiger charge is 2.50. The molecule has 3 fully saturated rings. The monoisotopic (exact) mass is 523 g/mol. The minimum absolute atomic E-state index is 0.155. The van der Waals surface area contributed by atoms with Gasteiger partial charge in [-0.05, 0) is 43.5 Å². The average molecular weight is 524 g/mol. The Labute approximate surface area is 211 Å². The summed E-state index contributed by atoms with van der Waals surface area (Å²) in [5.41, 5.74) is 9.89. The zero-order valence-electron chi connectivity index (χ0n) is 19.6. The number of fused-ring (bicyclic) bond motifs is 3. The number of anilines is 2. The Morgan fingerprint density at radius 1 is 1.03 bits per heavy atom. The van der Waals surface area contributed by atoms with Crippen molar-refractivity contribution >= 4 is 32.7 Å². The number of nitrogens with zero attached hydrogens (tertiary/aromatic N) is 5. The Balaban J connectivity index is 1.18. The molecule has 3 aliphatic rings. The lowest BCUT2D eigenvalue weighted by atomic mass is 10.1. The molecule has 7 rings (SSSR count). The van der Waals surface area contributed by atoms with Gasteiger partial charge in [-0.25, -0.2) is 22.2 Å². The van der Waals surface area contributed by atoms with E-state index in [4.69, 9.17) is 10.7 Å². The summed E-state index contributed by atoms with van der Waals surface area (Å²) < 4.78 is 55.2. The topological polar surface area (TPSA) is 121 Å². The fourth-order valence-electron chi connectivity index (χ4n) is 5.60. The average Bonchev–Trinajstić information content (AvgIpc) is 3.26. The van der Waals surface area contributed by atoms with Crippen LogP contribution in [0.4, 0.5) is 20.5 Å². The number of nitrogens with two attached hydrogens (primary N) is 1. The van der Waals surface area contributed by atoms with Gasteiger partial charge in [0, 0.05) is 48.4 Å². The molecule has 0 amide bonds. The van der Waals surface area contributed by atoms with Crippen LogP contribution in [0.15, 0.2) is 47.4 Å². The number of H-pyrrole nitrogens is 1. The molecule has 1 saturated carbocycles. The van der Waals surface area contributed by atoms with Crippen molar-refractivity contribution in [2.24, 2.45) is 0 Å². The van der Waals surface area contributed by atoms with E-state index in [0.29, 0.717) is 42.2 Å². The smallest absolute Gasteiger partial charge is 0.246 e. The highest BCUT2D eigenvalue weighted by molar-refractivity contribution is 7.89. The number of sulfonamides is 1. The summed E-state index contributed by atoms with van der Waals surface area (Å²) in [4.78, 5) is 10.8. The van der Waals surface area contributed by atoms with E-state index < -0.39 is 26.6 Å². The molecule has 1 aliphatic carbocycles. The predicted octanol–water partition coefficient (Wildman–Crippen LogP) is 3.41. The first kappa shape index (κ1) is 22.5. The van der Waals surface area contributed by atoms with Crippen LogP contribution in [0.5, 0.6) is 0 Å². The van der Waals surface area contributed by atoms with E-state index in [1.165, 1.54) is 17.1 Å². The first-order chi connectivity index (χ1) is 17.8. The van der Waals surface area contributed by atoms with Crippen molar-refractivity contribution in [1.82, 2.24) is 24.5 Å². The van der Waals surface area contributed by atoms with Crippen molar-refractivity contribution in [1.29, 1.82) is 0 Å². The number of nitrogen functional groups attached to an aromatic ring is 1. The van der Waals surface area contributed by atoms with Crippen molar-refractivity contribution in [2.75, 3.05) is 23.7 Å². The third-order valence-electron chi connectivity index (χ3n) is 7.56. The summed E-state index contributed by atoms with van der Waals surface area (Å²) in [5.74, 6) is -0.616. The van der Waals surface area contributed by atoms with Crippen LogP contribution in [0.1, 0.15) is 30.9 Å². The lowest BCUT2D eigenvalue weighted by Gasteiger charge is -2.33. The molecule has 2 atom stereocenters. The largest absolute Gasteiger partial charge is 0.383 e. The zero-order chi connectivity index (χ0) is 25.5. The summed E-state index contributed by atoms with van der Waals surface area (Å²) in [6.07, 6.45) is 2.89. The molecule has 2 aliphatic heterocycles. The second kappa shape index (κ2) is 7.93. The van der Waals surface area contributed by atoms with Crippen LogP contribution in [0.2, 0.25) is 0 Å². The SMILES string of the molecule is Nc1nc(N2CC3CC2CN3S(=O)(=O)c2ccc(F)cc2F)nc2cccc(-c3cc(C4CC4)[nH]n3)c12. The number of halogens is 2. The molecule has 2 aromatic carbocycles. The van der Waals surface area contributed by atoms with Crippen molar-refractivity contribution in [3.8, 4) is 11.3 Å². The molecule has 190 valence electrons. The van der Waals surface area contributed by atoms with Gasteiger partial charge in [0.1, 0.15) is 22.3 Å². The third kappa shape index (κ3) is 3.57. The van der Waals surface area contributed by atoms with Gasteiger partial charge in [-0.3, -0.25) is 5.10 Å². The standard InChI is InChI=1S/C25H23F2N7O2S/c26-14-6-7-22(18(27)8-14)37(35,36)34-12-15-9-16(34)11-33(15)25-29-19-3-1-2-17(23(19)24(28)30-25)21-10-20(31-32-21)13-4-5-13/h1-3,6-8,10,13,15-16H,4-5,9,11-12H2,(H,31,32)(H2,28,29,30). The lowest BCUT2D eigenvalue weighted by molar-refractivity contribution is 0.364. The zero-order valence-corrected chi connectivity index (χ0v) is 20.4. The number of aromatic amines is 1. The predicted molar refractivity (Wildman–Crippen MR) is 133 cm³/mol. The number of piperazine rings is 1. The van der Waals surface area contributed by atoms with Gasteiger partial charge < -0.3 is 10.6 Å². The molecule has 0 radical (unpaired) electrons. The van der Waals surface area contributed by atoms with Gasteiger partial charge >= 0.3 is 0 Å². The van der Waals surface area contributed by atoms with E-state index in [1.807, 2.05) is 23.1 Å². The molecule has 2 saturated heterocycles. The van der Waals surface area contributed by atoms with Crippen LogP contribution in [-0.2, 0) is 10.0 Å². The Kier molecular flexibility index (Phi) is 4.83. The summed E-state index contributed by atoms with van der Waals surface area (Å²) in [6.45, 7) is 0.504. The van der Waals surface area contributed by atoms with E-state index in [2.05, 4.69) is 21.2 Å². The quantitative estimate of drug-likeness (QED) is 0.411. The molecule has 4 aromatic rings. The van der Waals surface area contributed by atoms with Crippen molar-refractivity contribution in [2.45, 2.75) is 42.2 Å². The molecule has 12 heteroatoms. The van der Waals surface area contributed by atoms with Crippen molar-refractivity contribution < 1.29 is 17.2 Å². The van der Waals surface area contributed by atoms with E-state index in [0.717, 1.165) is 34.5 Å². The number of hydrogen-bond donors (Lipinski definition) is 2. The van der Waals surface area contributed by atoms with Gasteiger partial charge in [-0.2, -0.15) is 14.4 Å². The van der Waals surface area contributed by atoms with Crippen LogP contribution in [0.3, 0.4) is 0 Å². The molecule has 2 bridgehead atoms. The summed E-state index contributed by atoms with van der Waals surface area (Å²) in [6, 6.07) is 9.73. The third-order valence-corrected chi connectivity index (χ3v) is 9.51. The van der Waals surface area contributed by atoms with Gasteiger partial charge in [-0.15, -0.1) is 0 Å². The summed E-state index contributed by atoms with van der Waals surface area (Å²) >= 11 is 0. The van der Waals surface area contributed by atoms with Gasteiger partial charge in [0.2, 0.25) is 16.0 Å². The summed E-state index contributed by atoms with van der Waals surface area (Å²) in [5, 5.41) is 8.33. The van der Waals surface area contributed by atoms with Crippen molar-refractivity contribution in [3.05, 3.63) is 59.8 Å². The molecule has 4 heterocycles. The van der Waals surface area contributed by atoms with Crippen LogP contribution < -0.4 is 10.6 Å². The van der Waals surface area contributed by atoms with Gasteiger partial charge in [0.25, 0.3) is 0 Å². The number of hydrogen-bond acceptors (Lipinski definition) is 7. The normalized spacial score (nSPS) is 21.8. The van der Waals surface area contributed by atoms with Gasteiger partial charge in [-0.1, -0.05) is 12.1 Å². The highest BCUT2D eigenvalue weighted by atomic mass is 32.2. The fourth-order valence-corrected chi connectivity index (χ4v) is 7.31. The van der Waals surface area contributed by atoms with Gasteiger partial charge in [0.15, 0.2) is 0 Å². The number of aromatic nitrogens is 4. The van der Waals surface area contributed by atoms with Crippen LogP contribution >= 0.6 is 0 Å². The number of nitrogens with one attached hydrogen (secondary N) is 1. The van der Waals surface area contributed by atoms with E-state index in [9.17, 15) is 17.2 Å². The first-order valence-corrected chi connectivity index (χ1v) is 13.6. The molecule has 3 N–H and O–H groups in total. The highest BCUT2D eigenvalue weighted by Crippen LogP contribution is 2.42. The van der Waals surface area contributed by atoms with Gasteiger partial charge in [0.05, 0.1) is 16.6 Å². The maximum atomic E-state index is 14.3. The Morgan fingerprint density at radius 3 is 2.59 bits per heavy atom. The summed E-state index contributed by atoms with van der Waals surface area (Å²) in [7, 11) is -4.11. The Hall–Kier alpha value is -3.64. The second-order valence-electron chi connectivity index (χ2n) is 9.94. The first-order valence-electron chi connectivity index (χ1n) is 12.1. The molecular formula is C25H23F2N7O2S. The molecule has 2 aromatic heterocycles. The molecule has 0 spiro atoms. The number of rotatable bonds is 5. The molecule has 9 nitrogen and oxygen atoms in total. The molecule has 37 heavy (non-hydrogen) atoms. The van der Waals surface area contributed by atoms with Crippen LogP contribution in [0.25, 0.3) is 22.2 Å². The van der Waals surface area contributed by atoms with E-state index in [1.54, 1.807) is 0 Å². The van der Waals surface area contributed by atoms with E-state index in [-0.39, 0.29) is 18.6 Å². The Bertz CT molecular complexity index is 1670. The molecule has 2 unspecified atom stereocenters. The molecular weight excluding hydrogens is 500 g/mol. The maximum absolute atomic E-state index is 14.3. The fraction of sp³-hybridized carbons (Fsp3) is 0.320. The Morgan fingerprint density at radius 2 is 1.86 bits per heavy atom. The minimum Gasteiger partial charge on any atom is -0.383 e. The second-order valence-corrected chi connectivity index (χ2v) is 11.8. The minimum atomic E-state index is -4.11. The maximum Gasteiger partial charge on any atom is 0.246 e. The lowest BCUT2D eigenvalue weighted by Crippen LogP contribution is -2.49. The number of benzene rings is 2. The van der Waals surface area contributed by atoms with Crippen LogP contribution in [-0.4, -0.2) is 58.1 Å².